The number of nitrogens with zero attached hydrogens (tertiary/aromatic N) is 3. The maximum Gasteiger partial charge on any atom is 0.216 e. The highest BCUT2D eigenvalue weighted by Gasteiger charge is 2.12. The van der Waals surface area contributed by atoms with Crippen molar-refractivity contribution in [3.05, 3.63) is 58.6 Å². The average molecular weight is 358 g/mol. The minimum Gasteiger partial charge on any atom is -0.493 e. The van der Waals surface area contributed by atoms with Crippen molar-refractivity contribution in [3.8, 4) is 22.9 Å². The molecule has 8 heteroatoms. The fourth-order valence-electron chi connectivity index (χ4n) is 2.27. The number of H-pyrrole nitrogens is 1. The van der Waals surface area contributed by atoms with Gasteiger partial charge in [0.1, 0.15) is 5.82 Å². The molecule has 2 aromatic carbocycles. The van der Waals surface area contributed by atoms with E-state index >= 15 is 0 Å². The van der Waals surface area contributed by atoms with Crippen molar-refractivity contribution < 1.29 is 13.9 Å². The molecule has 0 amide bonds. The maximum atomic E-state index is 14.0. The summed E-state index contributed by atoms with van der Waals surface area (Å²) in [6.07, 6.45) is 1.58. The van der Waals surface area contributed by atoms with E-state index in [1.807, 2.05) is 6.07 Å². The van der Waals surface area contributed by atoms with Crippen LogP contribution in [0, 0.1) is 10.6 Å². The fraction of sp³-hybridized carbons (Fsp3) is 0.118. The second kappa shape index (κ2) is 7.27. The molecular weight excluding hydrogens is 343 g/mol. The fourth-order valence-corrected chi connectivity index (χ4v) is 2.45. The van der Waals surface area contributed by atoms with Gasteiger partial charge in [-0.15, -0.1) is 0 Å². The number of rotatable bonds is 5. The van der Waals surface area contributed by atoms with Crippen LogP contribution in [0.3, 0.4) is 0 Å². The number of hydrogen-bond donors (Lipinski definition) is 1. The van der Waals surface area contributed by atoms with Crippen LogP contribution in [0.2, 0.25) is 0 Å². The summed E-state index contributed by atoms with van der Waals surface area (Å²) < 4.78 is 26.1. The van der Waals surface area contributed by atoms with Gasteiger partial charge in [0.05, 0.1) is 26.0 Å². The molecule has 128 valence electrons. The second-order valence-corrected chi connectivity index (χ2v) is 5.39. The van der Waals surface area contributed by atoms with E-state index in [9.17, 15) is 4.39 Å². The van der Waals surface area contributed by atoms with E-state index in [0.717, 1.165) is 5.56 Å². The molecule has 0 atom stereocenters. The van der Waals surface area contributed by atoms with Gasteiger partial charge >= 0.3 is 0 Å². The second-order valence-electron chi connectivity index (χ2n) is 5.00. The first-order valence-electron chi connectivity index (χ1n) is 7.32. The first-order chi connectivity index (χ1) is 12.1. The van der Waals surface area contributed by atoms with Crippen LogP contribution in [-0.2, 0) is 0 Å². The zero-order valence-corrected chi connectivity index (χ0v) is 14.4. The summed E-state index contributed by atoms with van der Waals surface area (Å²) in [5.41, 5.74) is 1.07. The van der Waals surface area contributed by atoms with Crippen LogP contribution < -0.4 is 9.47 Å². The van der Waals surface area contributed by atoms with Crippen LogP contribution in [0.4, 0.5) is 4.39 Å². The van der Waals surface area contributed by atoms with Crippen molar-refractivity contribution in [2.45, 2.75) is 0 Å². The molecule has 0 aliphatic carbocycles. The summed E-state index contributed by atoms with van der Waals surface area (Å²) in [5.74, 6) is 1.09. The van der Waals surface area contributed by atoms with E-state index in [1.165, 1.54) is 10.7 Å². The quantitative estimate of drug-likeness (QED) is 0.559. The molecule has 6 nitrogen and oxygen atoms in total. The predicted molar refractivity (Wildman–Crippen MR) is 95.3 cm³/mol. The molecule has 3 aromatic rings. The molecular formula is C17H15FN4O2S. The first-order valence-corrected chi connectivity index (χ1v) is 7.73. The Balaban J connectivity index is 1.99. The number of halogens is 1. The van der Waals surface area contributed by atoms with Gasteiger partial charge in [0.15, 0.2) is 17.3 Å². The molecule has 0 spiro atoms. The van der Waals surface area contributed by atoms with Gasteiger partial charge in [-0.25, -0.2) is 9.49 Å². The van der Waals surface area contributed by atoms with Crippen molar-refractivity contribution in [2.75, 3.05) is 14.2 Å². The van der Waals surface area contributed by atoms with Gasteiger partial charge in [-0.2, -0.15) is 14.9 Å². The molecule has 0 saturated heterocycles. The predicted octanol–water partition coefficient (Wildman–Crippen LogP) is 3.65. The summed E-state index contributed by atoms with van der Waals surface area (Å²) in [4.78, 5) is 0. The van der Waals surface area contributed by atoms with Gasteiger partial charge in [-0.3, -0.25) is 0 Å². The van der Waals surface area contributed by atoms with E-state index in [0.29, 0.717) is 22.9 Å². The lowest BCUT2D eigenvalue weighted by atomic mass is 10.2. The SMILES string of the molecule is COc1ccc(/C=N/n2c(-c3ccccc3F)n[nH]c2=S)cc1OC. The van der Waals surface area contributed by atoms with Crippen LogP contribution >= 0.6 is 12.2 Å². The zero-order chi connectivity index (χ0) is 17.8. The summed E-state index contributed by atoms with van der Waals surface area (Å²) >= 11 is 5.18. The molecule has 0 unspecified atom stereocenters. The third kappa shape index (κ3) is 3.43. The summed E-state index contributed by atoms with van der Waals surface area (Å²) in [6, 6.07) is 11.7. The minimum absolute atomic E-state index is 0.259. The van der Waals surface area contributed by atoms with Gasteiger partial charge in [-0.1, -0.05) is 12.1 Å². The van der Waals surface area contributed by atoms with Crippen molar-refractivity contribution in [1.82, 2.24) is 14.9 Å². The number of aromatic nitrogens is 3. The van der Waals surface area contributed by atoms with Gasteiger partial charge in [0, 0.05) is 0 Å². The Hall–Kier alpha value is -3.00. The molecule has 1 aromatic heterocycles. The third-order valence-corrected chi connectivity index (χ3v) is 3.76. The zero-order valence-electron chi connectivity index (χ0n) is 13.6. The van der Waals surface area contributed by atoms with E-state index in [1.54, 1.807) is 50.8 Å². The lowest BCUT2D eigenvalue weighted by Gasteiger charge is -2.07. The van der Waals surface area contributed by atoms with Gasteiger partial charge in [0.2, 0.25) is 4.77 Å². The Morgan fingerprint density at radius 2 is 1.92 bits per heavy atom. The first kappa shape index (κ1) is 16.8. The Morgan fingerprint density at radius 3 is 2.64 bits per heavy atom. The van der Waals surface area contributed by atoms with Crippen LogP contribution in [0.5, 0.6) is 11.5 Å². The van der Waals surface area contributed by atoms with Gasteiger partial charge in [0.25, 0.3) is 0 Å². The van der Waals surface area contributed by atoms with Crippen LogP contribution in [0.15, 0.2) is 47.6 Å². The monoisotopic (exact) mass is 358 g/mol. The summed E-state index contributed by atoms with van der Waals surface area (Å²) in [5, 5.41) is 11.0. The molecule has 0 aliphatic rings. The largest absolute Gasteiger partial charge is 0.493 e. The minimum atomic E-state index is -0.404. The maximum absolute atomic E-state index is 14.0. The van der Waals surface area contributed by atoms with Crippen LogP contribution in [-0.4, -0.2) is 35.3 Å². The van der Waals surface area contributed by atoms with Gasteiger partial charge < -0.3 is 9.47 Å². The molecule has 0 bridgehead atoms. The highest BCUT2D eigenvalue weighted by molar-refractivity contribution is 7.71. The molecule has 1 N–H and O–H groups in total. The molecule has 0 radical (unpaired) electrons. The van der Waals surface area contributed by atoms with E-state index in [2.05, 4.69) is 15.3 Å². The lowest BCUT2D eigenvalue weighted by molar-refractivity contribution is 0.355. The van der Waals surface area contributed by atoms with Crippen molar-refractivity contribution >= 4 is 18.4 Å². The van der Waals surface area contributed by atoms with E-state index < -0.39 is 5.82 Å². The molecule has 0 saturated carbocycles. The van der Waals surface area contributed by atoms with E-state index in [-0.39, 0.29) is 4.77 Å². The molecule has 0 aliphatic heterocycles. The Morgan fingerprint density at radius 1 is 1.16 bits per heavy atom. The standard InChI is InChI=1S/C17H15FN4O2S/c1-23-14-8-7-11(9-15(14)24-2)10-19-22-16(20-21-17(22)25)12-5-3-4-6-13(12)18/h3-10H,1-2H3,(H,21,25)/b19-10+. The summed E-state index contributed by atoms with van der Waals surface area (Å²) in [6.45, 7) is 0. The number of ether oxygens (including phenoxy) is 2. The number of aromatic amines is 1. The number of methoxy groups -OCH3 is 2. The van der Waals surface area contributed by atoms with Crippen molar-refractivity contribution in [1.29, 1.82) is 0 Å². The van der Waals surface area contributed by atoms with Crippen LogP contribution in [0.25, 0.3) is 11.4 Å². The van der Waals surface area contributed by atoms with Gasteiger partial charge in [-0.05, 0) is 48.1 Å². The highest BCUT2D eigenvalue weighted by Crippen LogP contribution is 2.27. The number of nitrogens with one attached hydrogen (secondary N) is 1. The molecule has 25 heavy (non-hydrogen) atoms. The highest BCUT2D eigenvalue weighted by atomic mass is 32.1. The van der Waals surface area contributed by atoms with Crippen LogP contribution in [0.1, 0.15) is 5.56 Å². The Bertz CT molecular complexity index is 981. The van der Waals surface area contributed by atoms with Crippen molar-refractivity contribution in [3.63, 3.8) is 0 Å². The average Bonchev–Trinajstić information content (AvgIpc) is 3.00. The molecule has 1 heterocycles. The smallest absolute Gasteiger partial charge is 0.216 e. The topological polar surface area (TPSA) is 64.4 Å². The lowest BCUT2D eigenvalue weighted by Crippen LogP contribution is -1.97. The van der Waals surface area contributed by atoms with E-state index in [4.69, 9.17) is 21.7 Å². The summed E-state index contributed by atoms with van der Waals surface area (Å²) in [7, 11) is 3.12. The Kier molecular flexibility index (Phi) is 4.90. The Labute approximate surface area is 148 Å². The third-order valence-electron chi connectivity index (χ3n) is 3.50. The molecule has 0 fully saturated rings. The number of benzene rings is 2. The molecule has 3 rings (SSSR count). The van der Waals surface area contributed by atoms with Crippen molar-refractivity contribution in [2.24, 2.45) is 5.10 Å². The number of hydrogen-bond acceptors (Lipinski definition) is 5. The normalized spacial score (nSPS) is 11.0.